The molecular formula is C12H18N2O2S. The molecule has 0 bridgehead atoms. The molecule has 5 heteroatoms. The molecule has 1 fully saturated rings. The first-order valence-corrected chi connectivity index (χ1v) is 6.63. The van der Waals surface area contributed by atoms with Crippen molar-refractivity contribution in [2.75, 3.05) is 19.8 Å². The molecule has 0 aromatic carbocycles. The zero-order chi connectivity index (χ0) is 12.3. The summed E-state index contributed by atoms with van der Waals surface area (Å²) in [5.74, 6) is 0.0217. The monoisotopic (exact) mass is 254 g/mol. The predicted octanol–water partition coefficient (Wildman–Crippen LogP) is 0.970. The van der Waals surface area contributed by atoms with Gasteiger partial charge in [-0.1, -0.05) is 0 Å². The molecule has 0 saturated carbocycles. The van der Waals surface area contributed by atoms with E-state index in [4.69, 9.17) is 4.74 Å². The fourth-order valence-corrected chi connectivity index (χ4v) is 2.76. The molecule has 1 atom stereocenters. The number of morpholine rings is 1. The van der Waals surface area contributed by atoms with Gasteiger partial charge >= 0.3 is 0 Å². The summed E-state index contributed by atoms with van der Waals surface area (Å²) in [6.45, 7) is 6.70. The van der Waals surface area contributed by atoms with Crippen LogP contribution in [-0.4, -0.2) is 31.7 Å². The first-order chi connectivity index (χ1) is 8.16. The zero-order valence-electron chi connectivity index (χ0n) is 10.2. The highest BCUT2D eigenvalue weighted by Gasteiger charge is 2.20. The number of carbonyl (C=O) groups excluding carboxylic acids is 1. The summed E-state index contributed by atoms with van der Waals surface area (Å²) in [6.07, 6.45) is 0. The van der Waals surface area contributed by atoms with E-state index < -0.39 is 0 Å². The van der Waals surface area contributed by atoms with Gasteiger partial charge in [-0.05, 0) is 25.5 Å². The Hall–Kier alpha value is -0.910. The van der Waals surface area contributed by atoms with Gasteiger partial charge in [0.15, 0.2) is 0 Å². The molecule has 0 spiro atoms. The lowest BCUT2D eigenvalue weighted by molar-refractivity contribution is -0.126. The molecule has 2 heterocycles. The Kier molecular flexibility index (Phi) is 4.15. The largest absolute Gasteiger partial charge is 0.378 e. The highest BCUT2D eigenvalue weighted by atomic mass is 32.1. The molecule has 1 aromatic rings. The minimum atomic E-state index is -0.203. The van der Waals surface area contributed by atoms with Gasteiger partial charge in [-0.3, -0.25) is 4.79 Å². The molecule has 1 aliphatic rings. The number of hydrogen-bond donors (Lipinski definition) is 2. The number of hydrogen-bond acceptors (Lipinski definition) is 4. The summed E-state index contributed by atoms with van der Waals surface area (Å²) in [5.41, 5.74) is 1.29. The van der Waals surface area contributed by atoms with E-state index in [1.54, 1.807) is 11.3 Å². The predicted molar refractivity (Wildman–Crippen MR) is 68.2 cm³/mol. The number of nitrogens with one attached hydrogen (secondary N) is 2. The summed E-state index contributed by atoms with van der Waals surface area (Å²) >= 11 is 1.74. The average Bonchev–Trinajstić information content (AvgIpc) is 2.67. The van der Waals surface area contributed by atoms with Gasteiger partial charge in [0.25, 0.3) is 0 Å². The van der Waals surface area contributed by atoms with Crippen LogP contribution >= 0.6 is 11.3 Å². The van der Waals surface area contributed by atoms with Crippen molar-refractivity contribution in [1.29, 1.82) is 0 Å². The molecule has 2 rings (SSSR count). The normalized spacial score (nSPS) is 20.2. The number of amides is 1. The van der Waals surface area contributed by atoms with Crippen LogP contribution in [0.4, 0.5) is 0 Å². The quantitative estimate of drug-likeness (QED) is 0.845. The van der Waals surface area contributed by atoms with Crippen LogP contribution in [0.15, 0.2) is 6.07 Å². The molecule has 1 aliphatic heterocycles. The summed E-state index contributed by atoms with van der Waals surface area (Å²) in [4.78, 5) is 14.3. The Morgan fingerprint density at radius 3 is 3.06 bits per heavy atom. The Labute approximate surface area is 105 Å². The molecule has 2 N–H and O–H groups in total. The zero-order valence-corrected chi connectivity index (χ0v) is 11.0. The van der Waals surface area contributed by atoms with E-state index in [2.05, 4.69) is 30.5 Å². The second kappa shape index (κ2) is 5.62. The van der Waals surface area contributed by atoms with Gasteiger partial charge in [-0.2, -0.15) is 0 Å². The molecule has 0 radical (unpaired) electrons. The molecule has 1 aromatic heterocycles. The number of aryl methyl sites for hydroxylation is 2. The summed E-state index contributed by atoms with van der Waals surface area (Å²) in [7, 11) is 0. The molecular weight excluding hydrogens is 236 g/mol. The summed E-state index contributed by atoms with van der Waals surface area (Å²) in [6, 6.07) is 1.93. The lowest BCUT2D eigenvalue weighted by Gasteiger charge is -2.22. The first-order valence-electron chi connectivity index (χ1n) is 5.81. The van der Waals surface area contributed by atoms with Crippen LogP contribution in [0.25, 0.3) is 0 Å². The third-order valence-electron chi connectivity index (χ3n) is 2.89. The third kappa shape index (κ3) is 3.28. The average molecular weight is 254 g/mol. The van der Waals surface area contributed by atoms with Crippen LogP contribution in [-0.2, 0) is 16.1 Å². The van der Waals surface area contributed by atoms with Crippen molar-refractivity contribution in [2.45, 2.75) is 26.4 Å². The Morgan fingerprint density at radius 1 is 1.65 bits per heavy atom. The second-order valence-corrected chi connectivity index (χ2v) is 5.59. The molecule has 4 nitrogen and oxygen atoms in total. The lowest BCUT2D eigenvalue weighted by atomic mass is 10.2. The molecule has 94 valence electrons. The van der Waals surface area contributed by atoms with Crippen molar-refractivity contribution in [3.8, 4) is 0 Å². The second-order valence-electron chi connectivity index (χ2n) is 4.25. The number of ether oxygens (including phenoxy) is 1. The smallest absolute Gasteiger partial charge is 0.239 e. The highest BCUT2D eigenvalue weighted by Crippen LogP contribution is 2.20. The molecule has 0 aliphatic carbocycles. The van der Waals surface area contributed by atoms with Crippen LogP contribution in [0.2, 0.25) is 0 Å². The highest BCUT2D eigenvalue weighted by molar-refractivity contribution is 7.12. The molecule has 1 amide bonds. The summed E-state index contributed by atoms with van der Waals surface area (Å²) in [5, 5.41) is 6.08. The van der Waals surface area contributed by atoms with E-state index in [9.17, 15) is 4.79 Å². The van der Waals surface area contributed by atoms with Gasteiger partial charge in [0.05, 0.1) is 19.8 Å². The SMILES string of the molecule is Cc1cc(CNC(=O)C2COCCN2)sc1C. The van der Waals surface area contributed by atoms with E-state index in [1.165, 1.54) is 15.3 Å². The standard InChI is InChI=1S/C12H18N2O2S/c1-8-5-10(17-9(8)2)6-14-12(15)11-7-16-4-3-13-11/h5,11,13H,3-4,6-7H2,1-2H3,(H,14,15). The van der Waals surface area contributed by atoms with Crippen molar-refractivity contribution in [3.63, 3.8) is 0 Å². The Bertz CT molecular complexity index is 378. The van der Waals surface area contributed by atoms with Crippen molar-refractivity contribution in [2.24, 2.45) is 0 Å². The molecule has 1 saturated heterocycles. The third-order valence-corrected chi connectivity index (χ3v) is 4.04. The van der Waals surface area contributed by atoms with E-state index in [-0.39, 0.29) is 11.9 Å². The van der Waals surface area contributed by atoms with Crippen molar-refractivity contribution in [3.05, 3.63) is 21.4 Å². The van der Waals surface area contributed by atoms with Crippen molar-refractivity contribution >= 4 is 17.2 Å². The Morgan fingerprint density at radius 2 is 2.47 bits per heavy atom. The van der Waals surface area contributed by atoms with E-state index in [0.717, 1.165) is 6.54 Å². The van der Waals surface area contributed by atoms with Crippen LogP contribution in [0.5, 0.6) is 0 Å². The van der Waals surface area contributed by atoms with Crippen LogP contribution in [0.1, 0.15) is 15.3 Å². The van der Waals surface area contributed by atoms with Crippen LogP contribution < -0.4 is 10.6 Å². The first kappa shape index (κ1) is 12.5. The Balaban J connectivity index is 1.83. The van der Waals surface area contributed by atoms with Gasteiger partial charge in [-0.25, -0.2) is 0 Å². The van der Waals surface area contributed by atoms with Crippen molar-refractivity contribution < 1.29 is 9.53 Å². The number of rotatable bonds is 3. The number of thiophene rings is 1. The fourth-order valence-electron chi connectivity index (χ4n) is 1.77. The van der Waals surface area contributed by atoms with Gasteiger partial charge in [0.2, 0.25) is 5.91 Å². The maximum absolute atomic E-state index is 11.8. The molecule has 1 unspecified atom stereocenters. The van der Waals surface area contributed by atoms with Gasteiger partial charge < -0.3 is 15.4 Å². The minimum Gasteiger partial charge on any atom is -0.378 e. The lowest BCUT2D eigenvalue weighted by Crippen LogP contribution is -2.50. The topological polar surface area (TPSA) is 50.4 Å². The van der Waals surface area contributed by atoms with Crippen LogP contribution in [0.3, 0.4) is 0 Å². The summed E-state index contributed by atoms with van der Waals surface area (Å²) < 4.78 is 5.26. The van der Waals surface area contributed by atoms with E-state index in [1.807, 2.05) is 0 Å². The maximum Gasteiger partial charge on any atom is 0.239 e. The minimum absolute atomic E-state index is 0.0217. The number of carbonyl (C=O) groups is 1. The van der Waals surface area contributed by atoms with Gasteiger partial charge in [0.1, 0.15) is 6.04 Å². The van der Waals surface area contributed by atoms with Gasteiger partial charge in [-0.15, -0.1) is 11.3 Å². The van der Waals surface area contributed by atoms with E-state index in [0.29, 0.717) is 19.8 Å². The molecule has 17 heavy (non-hydrogen) atoms. The van der Waals surface area contributed by atoms with Crippen molar-refractivity contribution in [1.82, 2.24) is 10.6 Å². The van der Waals surface area contributed by atoms with E-state index >= 15 is 0 Å². The maximum atomic E-state index is 11.8. The van der Waals surface area contributed by atoms with Crippen LogP contribution in [0, 0.1) is 13.8 Å². The fraction of sp³-hybridized carbons (Fsp3) is 0.583. The van der Waals surface area contributed by atoms with Gasteiger partial charge in [0, 0.05) is 16.3 Å².